The molecule has 27 heavy (non-hydrogen) atoms. The zero-order valence-electron chi connectivity index (χ0n) is 15.9. The van der Waals surface area contributed by atoms with E-state index in [9.17, 15) is 9.90 Å². The molecule has 1 saturated heterocycles. The van der Waals surface area contributed by atoms with Gasteiger partial charge in [0.1, 0.15) is 0 Å². The molecule has 0 radical (unpaired) electrons. The number of hydrogen-bond acceptors (Lipinski definition) is 6. The number of nitrogens with zero attached hydrogens (tertiary/aromatic N) is 3. The molecule has 0 unspecified atom stereocenters. The standard InChI is InChI=1S/C20H29N5O2/c1-15-11-18(16-12-22-9-6-17(16)24-15)25-10-4-7-20(27,14-25)13-23-19(26)5-2-3-8-21/h6,9,11-12,27H,2-5,7-8,10,13-14,21H2,1H3,(H,23,26)/t20-/m0/s1. The van der Waals surface area contributed by atoms with E-state index < -0.39 is 5.60 Å². The fourth-order valence-corrected chi connectivity index (χ4v) is 3.69. The molecule has 146 valence electrons. The van der Waals surface area contributed by atoms with Crippen LogP contribution in [0.1, 0.15) is 37.8 Å². The Balaban J connectivity index is 1.70. The summed E-state index contributed by atoms with van der Waals surface area (Å²) in [5.41, 5.74) is 7.40. The Kier molecular flexibility index (Phi) is 6.23. The monoisotopic (exact) mass is 371 g/mol. The third-order valence-electron chi connectivity index (χ3n) is 5.09. The van der Waals surface area contributed by atoms with Crippen molar-refractivity contribution in [3.05, 3.63) is 30.2 Å². The van der Waals surface area contributed by atoms with Gasteiger partial charge in [0.2, 0.25) is 5.91 Å². The first-order valence-electron chi connectivity index (χ1n) is 9.66. The predicted octanol–water partition coefficient (Wildman–Crippen LogP) is 1.51. The summed E-state index contributed by atoms with van der Waals surface area (Å²) in [7, 11) is 0. The van der Waals surface area contributed by atoms with Gasteiger partial charge in [-0.15, -0.1) is 0 Å². The molecule has 0 bridgehead atoms. The van der Waals surface area contributed by atoms with Crippen molar-refractivity contribution < 1.29 is 9.90 Å². The van der Waals surface area contributed by atoms with Gasteiger partial charge in [-0.1, -0.05) is 0 Å². The normalized spacial score (nSPS) is 20.0. The van der Waals surface area contributed by atoms with E-state index in [0.717, 1.165) is 48.1 Å². The lowest BCUT2D eigenvalue weighted by Crippen LogP contribution is -2.54. The SMILES string of the molecule is Cc1cc(N2CCC[C@](O)(CNC(=O)CCCCN)C2)c2cnccc2n1. The second kappa shape index (κ2) is 8.63. The fourth-order valence-electron chi connectivity index (χ4n) is 3.69. The molecule has 4 N–H and O–H groups in total. The zero-order chi connectivity index (χ0) is 19.3. The molecule has 2 aromatic rings. The van der Waals surface area contributed by atoms with E-state index in [4.69, 9.17) is 5.73 Å². The van der Waals surface area contributed by atoms with Gasteiger partial charge >= 0.3 is 0 Å². The molecule has 0 spiro atoms. The van der Waals surface area contributed by atoms with Gasteiger partial charge in [0.25, 0.3) is 0 Å². The summed E-state index contributed by atoms with van der Waals surface area (Å²) in [5, 5.41) is 14.9. The number of unbranched alkanes of at least 4 members (excludes halogenated alkanes) is 1. The van der Waals surface area contributed by atoms with Crippen LogP contribution in [0.25, 0.3) is 10.9 Å². The van der Waals surface area contributed by atoms with E-state index in [0.29, 0.717) is 25.9 Å². The molecule has 3 heterocycles. The summed E-state index contributed by atoms with van der Waals surface area (Å²) < 4.78 is 0. The van der Waals surface area contributed by atoms with Gasteiger partial charge in [0.05, 0.1) is 11.1 Å². The molecular weight excluding hydrogens is 342 g/mol. The van der Waals surface area contributed by atoms with Crippen molar-refractivity contribution in [2.75, 3.05) is 31.1 Å². The number of amides is 1. The van der Waals surface area contributed by atoms with Crippen LogP contribution in [0.3, 0.4) is 0 Å². The minimum absolute atomic E-state index is 0.0246. The summed E-state index contributed by atoms with van der Waals surface area (Å²) in [6.07, 6.45) is 7.18. The highest BCUT2D eigenvalue weighted by molar-refractivity contribution is 5.91. The number of carbonyl (C=O) groups excluding carboxylic acids is 1. The van der Waals surface area contributed by atoms with E-state index in [-0.39, 0.29) is 12.5 Å². The Hall–Kier alpha value is -2.25. The number of rotatable bonds is 7. The van der Waals surface area contributed by atoms with Crippen LogP contribution < -0.4 is 16.0 Å². The van der Waals surface area contributed by atoms with Crippen molar-refractivity contribution in [2.24, 2.45) is 5.73 Å². The van der Waals surface area contributed by atoms with Crippen LogP contribution in [0.2, 0.25) is 0 Å². The zero-order valence-corrected chi connectivity index (χ0v) is 15.9. The molecule has 0 aliphatic carbocycles. The molecule has 1 atom stereocenters. The van der Waals surface area contributed by atoms with Gasteiger partial charge < -0.3 is 21.1 Å². The number of aromatic nitrogens is 2. The molecular formula is C20H29N5O2. The smallest absolute Gasteiger partial charge is 0.220 e. The highest BCUT2D eigenvalue weighted by Crippen LogP contribution is 2.31. The number of β-amino-alcohol motifs (C(OH)–C–C–N with tert-alkyl or cyclic N) is 1. The Morgan fingerprint density at radius 3 is 3.11 bits per heavy atom. The molecule has 2 aromatic heterocycles. The van der Waals surface area contributed by atoms with Gasteiger partial charge in [-0.25, -0.2) is 0 Å². The quantitative estimate of drug-likeness (QED) is 0.638. The average molecular weight is 371 g/mol. The average Bonchev–Trinajstić information content (AvgIpc) is 2.66. The summed E-state index contributed by atoms with van der Waals surface area (Å²) in [4.78, 5) is 23.0. The van der Waals surface area contributed by atoms with Gasteiger partial charge in [0, 0.05) is 55.2 Å². The molecule has 7 heteroatoms. The third kappa shape index (κ3) is 4.93. The molecule has 0 saturated carbocycles. The Labute approximate surface area is 160 Å². The molecule has 1 amide bonds. The number of nitrogens with one attached hydrogen (secondary N) is 1. The van der Waals surface area contributed by atoms with Crippen LogP contribution >= 0.6 is 0 Å². The Bertz CT molecular complexity index is 797. The minimum atomic E-state index is -0.937. The lowest BCUT2D eigenvalue weighted by molar-refractivity contribution is -0.122. The highest BCUT2D eigenvalue weighted by Gasteiger charge is 2.34. The first-order valence-corrected chi connectivity index (χ1v) is 9.66. The first-order chi connectivity index (χ1) is 13.0. The number of carbonyl (C=O) groups is 1. The molecule has 3 rings (SSSR count). The van der Waals surface area contributed by atoms with Gasteiger partial charge in [-0.3, -0.25) is 14.8 Å². The van der Waals surface area contributed by atoms with Crippen molar-refractivity contribution >= 4 is 22.5 Å². The number of hydrogen-bond donors (Lipinski definition) is 3. The topological polar surface area (TPSA) is 104 Å². The summed E-state index contributed by atoms with van der Waals surface area (Å²) in [6, 6.07) is 3.95. The number of fused-ring (bicyclic) bond motifs is 1. The van der Waals surface area contributed by atoms with Gasteiger partial charge in [0.15, 0.2) is 0 Å². The first kappa shape index (κ1) is 19.5. The maximum atomic E-state index is 12.0. The molecule has 1 aliphatic heterocycles. The predicted molar refractivity (Wildman–Crippen MR) is 107 cm³/mol. The lowest BCUT2D eigenvalue weighted by atomic mass is 9.92. The highest BCUT2D eigenvalue weighted by atomic mass is 16.3. The number of aliphatic hydroxyl groups is 1. The minimum Gasteiger partial charge on any atom is -0.386 e. The summed E-state index contributed by atoms with van der Waals surface area (Å²) in [5.74, 6) is -0.0246. The van der Waals surface area contributed by atoms with Crippen LogP contribution in [0.15, 0.2) is 24.5 Å². The van der Waals surface area contributed by atoms with E-state index in [1.54, 1.807) is 6.20 Å². The van der Waals surface area contributed by atoms with E-state index in [2.05, 4.69) is 20.2 Å². The molecule has 7 nitrogen and oxygen atoms in total. The van der Waals surface area contributed by atoms with Crippen LogP contribution in [0, 0.1) is 6.92 Å². The number of aryl methyl sites for hydroxylation is 1. The van der Waals surface area contributed by atoms with E-state index in [1.165, 1.54) is 0 Å². The van der Waals surface area contributed by atoms with Crippen molar-refractivity contribution in [3.8, 4) is 0 Å². The van der Waals surface area contributed by atoms with Crippen molar-refractivity contribution in [3.63, 3.8) is 0 Å². The number of pyridine rings is 2. The van der Waals surface area contributed by atoms with Crippen molar-refractivity contribution in [1.82, 2.24) is 15.3 Å². The number of piperidine rings is 1. The van der Waals surface area contributed by atoms with Crippen LogP contribution in [-0.4, -0.2) is 52.8 Å². The second-order valence-corrected chi connectivity index (χ2v) is 7.45. The van der Waals surface area contributed by atoms with Crippen LogP contribution in [0.4, 0.5) is 5.69 Å². The molecule has 1 aliphatic rings. The number of anilines is 1. The summed E-state index contributed by atoms with van der Waals surface area (Å²) >= 11 is 0. The Morgan fingerprint density at radius 2 is 2.30 bits per heavy atom. The van der Waals surface area contributed by atoms with Crippen LogP contribution in [0.5, 0.6) is 0 Å². The molecule has 0 aromatic carbocycles. The van der Waals surface area contributed by atoms with Crippen molar-refractivity contribution in [1.29, 1.82) is 0 Å². The van der Waals surface area contributed by atoms with Gasteiger partial charge in [-0.2, -0.15) is 0 Å². The largest absolute Gasteiger partial charge is 0.386 e. The molecule has 1 fully saturated rings. The van der Waals surface area contributed by atoms with E-state index >= 15 is 0 Å². The Morgan fingerprint density at radius 1 is 1.44 bits per heavy atom. The van der Waals surface area contributed by atoms with E-state index in [1.807, 2.05) is 25.3 Å². The fraction of sp³-hybridized carbons (Fsp3) is 0.550. The van der Waals surface area contributed by atoms with Gasteiger partial charge in [-0.05, 0) is 51.3 Å². The maximum Gasteiger partial charge on any atom is 0.220 e. The lowest BCUT2D eigenvalue weighted by Gasteiger charge is -2.41. The maximum absolute atomic E-state index is 12.0. The second-order valence-electron chi connectivity index (χ2n) is 7.45. The number of nitrogens with two attached hydrogens (primary N) is 1. The van der Waals surface area contributed by atoms with Crippen LogP contribution in [-0.2, 0) is 4.79 Å². The summed E-state index contributed by atoms with van der Waals surface area (Å²) in [6.45, 7) is 4.18. The third-order valence-corrected chi connectivity index (χ3v) is 5.09. The van der Waals surface area contributed by atoms with Crippen molar-refractivity contribution in [2.45, 2.75) is 44.6 Å².